The second-order valence-corrected chi connectivity index (χ2v) is 7.74. The molecule has 1 saturated carbocycles. The molecule has 1 aliphatic carbocycles. The first-order valence-electron chi connectivity index (χ1n) is 10.1. The Morgan fingerprint density at radius 2 is 1.77 bits per heavy atom. The Balaban J connectivity index is 1.43. The number of benzene rings is 2. The van der Waals surface area contributed by atoms with E-state index in [1.807, 2.05) is 48.5 Å². The maximum atomic E-state index is 13.5. The average Bonchev–Trinajstić information content (AvgIpc) is 3.60. The van der Waals surface area contributed by atoms with E-state index >= 15 is 0 Å². The molecule has 0 unspecified atom stereocenters. The van der Waals surface area contributed by atoms with Gasteiger partial charge in [-0.15, -0.1) is 0 Å². The highest BCUT2D eigenvalue weighted by Gasteiger charge is 2.42. The molecular formula is C25H18N4O. The summed E-state index contributed by atoms with van der Waals surface area (Å²) < 4.78 is 1.64. The summed E-state index contributed by atoms with van der Waals surface area (Å²) in [4.78, 5) is 22.5. The molecule has 0 spiro atoms. The molecule has 0 saturated heterocycles. The monoisotopic (exact) mass is 390 g/mol. The van der Waals surface area contributed by atoms with Crippen molar-refractivity contribution in [3.8, 4) is 11.1 Å². The molecule has 144 valence electrons. The van der Waals surface area contributed by atoms with E-state index in [0.717, 1.165) is 39.5 Å². The van der Waals surface area contributed by atoms with Crippen molar-refractivity contribution in [2.45, 2.75) is 18.4 Å². The van der Waals surface area contributed by atoms with Gasteiger partial charge in [0.15, 0.2) is 0 Å². The summed E-state index contributed by atoms with van der Waals surface area (Å²) in [6.07, 6.45) is 6.19. The first-order valence-corrected chi connectivity index (χ1v) is 10.1. The van der Waals surface area contributed by atoms with Gasteiger partial charge in [0.25, 0.3) is 5.56 Å². The number of nitrogens with zero attached hydrogens (tertiary/aromatic N) is 4. The number of pyridine rings is 2. The smallest absolute Gasteiger partial charge is 0.267 e. The number of hydrogen-bond donors (Lipinski definition) is 0. The van der Waals surface area contributed by atoms with E-state index in [1.165, 1.54) is 0 Å². The van der Waals surface area contributed by atoms with Gasteiger partial charge in [0.1, 0.15) is 0 Å². The van der Waals surface area contributed by atoms with Crippen LogP contribution in [-0.2, 0) is 0 Å². The minimum atomic E-state index is -0.0553. The zero-order chi connectivity index (χ0) is 20.1. The lowest BCUT2D eigenvalue weighted by molar-refractivity contribution is 0.590. The summed E-state index contributed by atoms with van der Waals surface area (Å²) in [6, 6.07) is 22.0. The molecule has 0 bridgehead atoms. The van der Waals surface area contributed by atoms with Crippen LogP contribution in [0.25, 0.3) is 32.8 Å². The minimum absolute atomic E-state index is 0.0394. The van der Waals surface area contributed by atoms with Gasteiger partial charge < -0.3 is 0 Å². The third-order valence-electron chi connectivity index (χ3n) is 5.88. The van der Waals surface area contributed by atoms with Crippen molar-refractivity contribution in [1.82, 2.24) is 19.7 Å². The van der Waals surface area contributed by atoms with Crippen LogP contribution in [0.1, 0.15) is 24.1 Å². The van der Waals surface area contributed by atoms with E-state index in [9.17, 15) is 4.79 Å². The zero-order valence-corrected chi connectivity index (χ0v) is 16.1. The first kappa shape index (κ1) is 17.0. The van der Waals surface area contributed by atoms with Gasteiger partial charge in [-0.25, -0.2) is 4.68 Å². The van der Waals surface area contributed by atoms with E-state index < -0.39 is 0 Å². The van der Waals surface area contributed by atoms with Crippen LogP contribution in [0.4, 0.5) is 0 Å². The maximum Gasteiger partial charge on any atom is 0.275 e. The van der Waals surface area contributed by atoms with E-state index in [2.05, 4.69) is 28.3 Å². The fourth-order valence-electron chi connectivity index (χ4n) is 4.26. The van der Waals surface area contributed by atoms with Gasteiger partial charge in [-0.2, -0.15) is 5.10 Å². The number of rotatable bonds is 3. The zero-order valence-electron chi connectivity index (χ0n) is 16.1. The lowest BCUT2D eigenvalue weighted by atomic mass is 10.0. The molecule has 5 heteroatoms. The van der Waals surface area contributed by atoms with E-state index in [-0.39, 0.29) is 17.5 Å². The molecule has 3 heterocycles. The highest BCUT2D eigenvalue weighted by atomic mass is 16.1. The normalized spacial score (nSPS) is 18.0. The Bertz CT molecular complexity index is 1460. The lowest BCUT2D eigenvalue weighted by Crippen LogP contribution is -2.22. The molecule has 30 heavy (non-hydrogen) atoms. The third-order valence-corrected chi connectivity index (χ3v) is 5.88. The standard InChI is InChI=1S/C25H18N4O/c30-25-24-18(6-3-8-19(24)17-7-4-12-26-14-17)15-27-29(25)23-13-20(23)22-11-10-16-5-1-2-9-21(16)28-22/h1-12,14-15,20,23H,13H2/t20-,23+/m0/s1. The Labute approximate surface area is 172 Å². The van der Waals surface area contributed by atoms with Gasteiger partial charge in [-0.3, -0.25) is 14.8 Å². The molecular weight excluding hydrogens is 372 g/mol. The second kappa shape index (κ2) is 6.59. The van der Waals surface area contributed by atoms with Crippen LogP contribution in [-0.4, -0.2) is 19.7 Å². The summed E-state index contributed by atoms with van der Waals surface area (Å²) in [7, 11) is 0. The predicted molar refractivity (Wildman–Crippen MR) is 117 cm³/mol. The SMILES string of the molecule is O=c1c2c(-c3cccnc3)cccc2cnn1[C@@H]1C[C@H]1c1ccc2ccccc2n1. The summed E-state index contributed by atoms with van der Waals surface area (Å²) in [5, 5.41) is 7.17. The molecule has 1 fully saturated rings. The summed E-state index contributed by atoms with van der Waals surface area (Å²) in [5.74, 6) is 0.211. The van der Waals surface area contributed by atoms with Crippen LogP contribution in [0, 0.1) is 0 Å². The second-order valence-electron chi connectivity index (χ2n) is 7.74. The van der Waals surface area contributed by atoms with Crippen LogP contribution >= 0.6 is 0 Å². The van der Waals surface area contributed by atoms with Crippen molar-refractivity contribution < 1.29 is 0 Å². The van der Waals surface area contributed by atoms with Crippen molar-refractivity contribution in [1.29, 1.82) is 0 Å². The third kappa shape index (κ3) is 2.70. The van der Waals surface area contributed by atoms with Gasteiger partial charge in [-0.05, 0) is 30.2 Å². The largest absolute Gasteiger partial charge is 0.275 e. The Hall–Kier alpha value is -3.86. The molecule has 1 aliphatic rings. The van der Waals surface area contributed by atoms with Gasteiger partial charge >= 0.3 is 0 Å². The van der Waals surface area contributed by atoms with Gasteiger partial charge in [-0.1, -0.05) is 48.5 Å². The number of fused-ring (bicyclic) bond motifs is 2. The molecule has 5 aromatic rings. The van der Waals surface area contributed by atoms with Crippen LogP contribution in [0.2, 0.25) is 0 Å². The van der Waals surface area contributed by atoms with E-state index in [1.54, 1.807) is 23.3 Å². The fraction of sp³-hybridized carbons (Fsp3) is 0.120. The molecule has 2 aromatic carbocycles. The van der Waals surface area contributed by atoms with Crippen molar-refractivity contribution in [3.05, 3.63) is 101 Å². The van der Waals surface area contributed by atoms with Crippen LogP contribution in [0.15, 0.2) is 90.1 Å². The van der Waals surface area contributed by atoms with Crippen LogP contribution in [0.5, 0.6) is 0 Å². The fourth-order valence-corrected chi connectivity index (χ4v) is 4.26. The quantitative estimate of drug-likeness (QED) is 0.447. The summed E-state index contributed by atoms with van der Waals surface area (Å²) in [5.41, 5.74) is 3.77. The maximum absolute atomic E-state index is 13.5. The van der Waals surface area contributed by atoms with Crippen LogP contribution in [0.3, 0.4) is 0 Å². The van der Waals surface area contributed by atoms with Gasteiger partial charge in [0.2, 0.25) is 0 Å². The van der Waals surface area contributed by atoms with E-state index in [4.69, 9.17) is 4.98 Å². The highest BCUT2D eigenvalue weighted by molar-refractivity contribution is 5.95. The van der Waals surface area contributed by atoms with Crippen molar-refractivity contribution >= 4 is 21.7 Å². The number of para-hydroxylation sites is 1. The summed E-state index contributed by atoms with van der Waals surface area (Å²) in [6.45, 7) is 0. The Morgan fingerprint density at radius 3 is 2.67 bits per heavy atom. The topological polar surface area (TPSA) is 60.7 Å². The summed E-state index contributed by atoms with van der Waals surface area (Å²) >= 11 is 0. The predicted octanol–water partition coefficient (Wildman–Crippen LogP) is 4.74. The minimum Gasteiger partial charge on any atom is -0.267 e. The van der Waals surface area contributed by atoms with Crippen molar-refractivity contribution in [2.24, 2.45) is 0 Å². The molecule has 0 aliphatic heterocycles. The molecule has 2 atom stereocenters. The van der Waals surface area contributed by atoms with Crippen molar-refractivity contribution in [2.75, 3.05) is 0 Å². The molecule has 0 N–H and O–H groups in total. The number of aromatic nitrogens is 4. The average molecular weight is 390 g/mol. The molecule has 6 rings (SSSR count). The highest BCUT2D eigenvalue weighted by Crippen LogP contribution is 2.50. The van der Waals surface area contributed by atoms with Gasteiger partial charge in [0, 0.05) is 40.3 Å². The first-order chi connectivity index (χ1) is 14.8. The molecule has 0 radical (unpaired) electrons. The molecule has 5 nitrogen and oxygen atoms in total. The lowest BCUT2D eigenvalue weighted by Gasteiger charge is -2.09. The van der Waals surface area contributed by atoms with Crippen molar-refractivity contribution in [3.63, 3.8) is 0 Å². The van der Waals surface area contributed by atoms with Crippen LogP contribution < -0.4 is 5.56 Å². The molecule has 3 aromatic heterocycles. The van der Waals surface area contributed by atoms with E-state index in [0.29, 0.717) is 5.39 Å². The Kier molecular flexibility index (Phi) is 3.74. The number of hydrogen-bond acceptors (Lipinski definition) is 4. The van der Waals surface area contributed by atoms with Gasteiger partial charge in [0.05, 0.1) is 23.1 Å². The Morgan fingerprint density at radius 1 is 0.867 bits per heavy atom. The molecule has 0 amide bonds.